The van der Waals surface area contributed by atoms with Crippen molar-refractivity contribution in [1.29, 1.82) is 0 Å². The second-order valence-electron chi connectivity index (χ2n) is 4.85. The van der Waals surface area contributed by atoms with E-state index in [1.807, 2.05) is 13.2 Å². The van der Waals surface area contributed by atoms with E-state index in [0.717, 1.165) is 31.2 Å². The van der Waals surface area contributed by atoms with Crippen LogP contribution < -0.4 is 11.1 Å². The van der Waals surface area contributed by atoms with E-state index in [1.54, 1.807) is 10.9 Å². The van der Waals surface area contributed by atoms with Gasteiger partial charge in [-0.15, -0.1) is 0 Å². The highest BCUT2D eigenvalue weighted by Crippen LogP contribution is 2.23. The maximum Gasteiger partial charge on any atom is 0.223 e. The first-order valence-electron chi connectivity index (χ1n) is 6.16. The zero-order valence-corrected chi connectivity index (χ0v) is 10.2. The fourth-order valence-corrected chi connectivity index (χ4v) is 2.28. The van der Waals surface area contributed by atoms with E-state index in [2.05, 4.69) is 10.4 Å². The number of nitrogens with two attached hydrogens (primary N) is 1. The molecule has 1 heterocycles. The number of hydrogen-bond acceptors (Lipinski definition) is 3. The van der Waals surface area contributed by atoms with Gasteiger partial charge in [-0.2, -0.15) is 5.10 Å². The number of nitrogens with one attached hydrogen (secondary N) is 1. The Morgan fingerprint density at radius 3 is 2.82 bits per heavy atom. The van der Waals surface area contributed by atoms with Gasteiger partial charge in [0.05, 0.1) is 6.20 Å². The van der Waals surface area contributed by atoms with Crippen molar-refractivity contribution >= 4 is 5.91 Å². The van der Waals surface area contributed by atoms with Gasteiger partial charge in [-0.1, -0.05) is 0 Å². The summed E-state index contributed by atoms with van der Waals surface area (Å²) in [5.41, 5.74) is 6.86. The Morgan fingerprint density at radius 2 is 2.24 bits per heavy atom. The van der Waals surface area contributed by atoms with Crippen LogP contribution in [0.2, 0.25) is 0 Å². The number of aromatic nitrogens is 2. The summed E-state index contributed by atoms with van der Waals surface area (Å²) in [6.07, 6.45) is 7.45. The molecule has 1 aliphatic carbocycles. The van der Waals surface area contributed by atoms with Crippen molar-refractivity contribution in [3.05, 3.63) is 18.0 Å². The van der Waals surface area contributed by atoms with Crippen LogP contribution in [0.1, 0.15) is 31.2 Å². The monoisotopic (exact) mass is 236 g/mol. The third-order valence-electron chi connectivity index (χ3n) is 3.37. The van der Waals surface area contributed by atoms with E-state index in [-0.39, 0.29) is 17.9 Å². The number of carbonyl (C=O) groups excluding carboxylic acids is 1. The molecule has 0 spiro atoms. The fourth-order valence-electron chi connectivity index (χ4n) is 2.28. The Balaban J connectivity index is 1.77. The predicted octanol–water partition coefficient (Wildman–Crippen LogP) is 0.554. The Labute approximate surface area is 101 Å². The lowest BCUT2D eigenvalue weighted by molar-refractivity contribution is -0.126. The van der Waals surface area contributed by atoms with Crippen molar-refractivity contribution in [2.75, 3.05) is 0 Å². The molecule has 17 heavy (non-hydrogen) atoms. The van der Waals surface area contributed by atoms with Crippen molar-refractivity contribution < 1.29 is 4.79 Å². The van der Waals surface area contributed by atoms with Gasteiger partial charge in [-0.05, 0) is 25.7 Å². The Morgan fingerprint density at radius 1 is 1.53 bits per heavy atom. The maximum absolute atomic E-state index is 11.9. The lowest BCUT2D eigenvalue weighted by Crippen LogP contribution is -2.35. The molecule has 0 radical (unpaired) electrons. The van der Waals surface area contributed by atoms with Gasteiger partial charge in [0.25, 0.3) is 0 Å². The van der Waals surface area contributed by atoms with Crippen LogP contribution in [0.5, 0.6) is 0 Å². The number of hydrogen-bond donors (Lipinski definition) is 2. The molecule has 1 aliphatic rings. The van der Waals surface area contributed by atoms with E-state index in [1.165, 1.54) is 0 Å². The standard InChI is InChI=1S/C12H20N4O/c1-16-8-9(7-15-16)6-14-12(17)10-2-4-11(13)5-3-10/h7-8,10-11H,2-6,13H2,1H3,(H,14,17). The minimum absolute atomic E-state index is 0.145. The molecule has 1 aromatic rings. The van der Waals surface area contributed by atoms with Gasteiger partial charge >= 0.3 is 0 Å². The summed E-state index contributed by atoms with van der Waals surface area (Å²) in [5.74, 6) is 0.298. The summed E-state index contributed by atoms with van der Waals surface area (Å²) >= 11 is 0. The Bertz CT molecular complexity index is 380. The van der Waals surface area contributed by atoms with Crippen LogP contribution >= 0.6 is 0 Å². The maximum atomic E-state index is 11.9. The minimum Gasteiger partial charge on any atom is -0.352 e. The summed E-state index contributed by atoms with van der Waals surface area (Å²) in [6.45, 7) is 0.565. The fraction of sp³-hybridized carbons (Fsp3) is 0.667. The van der Waals surface area contributed by atoms with Gasteiger partial charge in [0.1, 0.15) is 0 Å². The summed E-state index contributed by atoms with van der Waals surface area (Å²) < 4.78 is 1.74. The molecule has 1 amide bonds. The molecule has 5 heteroatoms. The van der Waals surface area contributed by atoms with Crippen LogP contribution in [0.4, 0.5) is 0 Å². The number of nitrogens with zero attached hydrogens (tertiary/aromatic N) is 2. The number of aryl methyl sites for hydroxylation is 1. The van der Waals surface area contributed by atoms with Crippen LogP contribution in [0.15, 0.2) is 12.4 Å². The van der Waals surface area contributed by atoms with Crippen molar-refractivity contribution in [1.82, 2.24) is 15.1 Å². The molecule has 1 saturated carbocycles. The average Bonchev–Trinajstić information content (AvgIpc) is 2.73. The van der Waals surface area contributed by atoms with Crippen LogP contribution in [0, 0.1) is 5.92 Å². The second kappa shape index (κ2) is 5.31. The van der Waals surface area contributed by atoms with Crippen LogP contribution in [0.25, 0.3) is 0 Å². The molecule has 0 saturated heterocycles. The first kappa shape index (κ1) is 12.1. The summed E-state index contributed by atoms with van der Waals surface area (Å²) in [7, 11) is 1.87. The molecule has 0 atom stereocenters. The molecule has 5 nitrogen and oxygen atoms in total. The highest BCUT2D eigenvalue weighted by Gasteiger charge is 2.24. The lowest BCUT2D eigenvalue weighted by atomic mass is 9.86. The molecule has 2 rings (SSSR count). The smallest absolute Gasteiger partial charge is 0.223 e. The van der Waals surface area contributed by atoms with Crippen LogP contribution in [-0.4, -0.2) is 21.7 Å². The summed E-state index contributed by atoms with van der Waals surface area (Å²) in [6, 6.07) is 0.289. The molecule has 94 valence electrons. The van der Waals surface area contributed by atoms with E-state index in [9.17, 15) is 4.79 Å². The predicted molar refractivity (Wildman–Crippen MR) is 65.0 cm³/mol. The van der Waals surface area contributed by atoms with Crippen LogP contribution in [0.3, 0.4) is 0 Å². The van der Waals surface area contributed by atoms with Crippen molar-refractivity contribution in [2.45, 2.75) is 38.3 Å². The van der Waals surface area contributed by atoms with Gasteiger partial charge in [0.15, 0.2) is 0 Å². The van der Waals surface area contributed by atoms with Crippen molar-refractivity contribution in [2.24, 2.45) is 18.7 Å². The Kier molecular flexibility index (Phi) is 3.78. The molecule has 0 bridgehead atoms. The van der Waals surface area contributed by atoms with E-state index in [0.29, 0.717) is 6.54 Å². The van der Waals surface area contributed by atoms with Gasteiger partial charge in [0.2, 0.25) is 5.91 Å². The second-order valence-corrected chi connectivity index (χ2v) is 4.85. The quantitative estimate of drug-likeness (QED) is 0.805. The average molecular weight is 236 g/mol. The van der Waals surface area contributed by atoms with Gasteiger partial charge < -0.3 is 11.1 Å². The van der Waals surface area contributed by atoms with Crippen molar-refractivity contribution in [3.8, 4) is 0 Å². The van der Waals surface area contributed by atoms with Gasteiger partial charge in [0, 0.05) is 37.3 Å². The normalized spacial score (nSPS) is 24.6. The molecule has 0 aromatic carbocycles. The van der Waals surface area contributed by atoms with Crippen LogP contribution in [-0.2, 0) is 18.4 Å². The topological polar surface area (TPSA) is 72.9 Å². The SMILES string of the molecule is Cn1cc(CNC(=O)C2CCC(N)CC2)cn1. The molecular formula is C12H20N4O. The first-order chi connectivity index (χ1) is 8.15. The van der Waals surface area contributed by atoms with Gasteiger partial charge in [-0.3, -0.25) is 9.48 Å². The Hall–Kier alpha value is -1.36. The molecule has 3 N–H and O–H groups in total. The third-order valence-corrected chi connectivity index (χ3v) is 3.37. The first-order valence-corrected chi connectivity index (χ1v) is 6.16. The zero-order valence-electron chi connectivity index (χ0n) is 10.2. The minimum atomic E-state index is 0.145. The summed E-state index contributed by atoms with van der Waals surface area (Å²) in [5, 5.41) is 7.03. The summed E-state index contributed by atoms with van der Waals surface area (Å²) in [4.78, 5) is 11.9. The third kappa shape index (κ3) is 3.30. The highest BCUT2D eigenvalue weighted by atomic mass is 16.1. The molecule has 1 fully saturated rings. The number of amides is 1. The molecule has 0 unspecified atom stereocenters. The number of rotatable bonds is 3. The van der Waals surface area contributed by atoms with E-state index in [4.69, 9.17) is 5.73 Å². The largest absolute Gasteiger partial charge is 0.352 e. The lowest BCUT2D eigenvalue weighted by Gasteiger charge is -2.25. The highest BCUT2D eigenvalue weighted by molar-refractivity contribution is 5.78. The zero-order chi connectivity index (χ0) is 12.3. The van der Waals surface area contributed by atoms with E-state index >= 15 is 0 Å². The van der Waals surface area contributed by atoms with E-state index < -0.39 is 0 Å². The van der Waals surface area contributed by atoms with Gasteiger partial charge in [-0.25, -0.2) is 0 Å². The molecule has 0 aliphatic heterocycles. The number of carbonyl (C=O) groups is 1. The molecular weight excluding hydrogens is 216 g/mol. The van der Waals surface area contributed by atoms with Crippen molar-refractivity contribution in [3.63, 3.8) is 0 Å². The molecule has 1 aromatic heterocycles.